The summed E-state index contributed by atoms with van der Waals surface area (Å²) in [6.07, 6.45) is 0.279. The molecule has 1 aliphatic heterocycles. The lowest BCUT2D eigenvalue weighted by atomic mass is 10.3. The maximum absolute atomic E-state index is 11.6. The van der Waals surface area contributed by atoms with Crippen LogP contribution >= 0.6 is 11.3 Å². The van der Waals surface area contributed by atoms with Gasteiger partial charge in [0.05, 0.1) is 6.10 Å². The van der Waals surface area contributed by atoms with E-state index in [1.165, 1.54) is 16.8 Å². The zero-order chi connectivity index (χ0) is 9.26. The van der Waals surface area contributed by atoms with Crippen LogP contribution in [-0.2, 0) is 0 Å². The average molecular weight is 199 g/mol. The van der Waals surface area contributed by atoms with Crippen molar-refractivity contribution in [2.24, 2.45) is 0 Å². The van der Waals surface area contributed by atoms with E-state index in [9.17, 15) is 9.90 Å². The molecule has 6 heteroatoms. The van der Waals surface area contributed by atoms with Gasteiger partial charge in [-0.15, -0.1) is 10.2 Å². The van der Waals surface area contributed by atoms with E-state index in [1.54, 1.807) is 4.90 Å². The second-order valence-corrected chi connectivity index (χ2v) is 3.77. The Bertz CT molecular complexity index is 301. The molecule has 0 spiro atoms. The average Bonchev–Trinajstić information content (AvgIpc) is 2.72. The van der Waals surface area contributed by atoms with Crippen molar-refractivity contribution in [3.8, 4) is 0 Å². The molecule has 1 fully saturated rings. The molecule has 0 saturated carbocycles. The highest BCUT2D eigenvalue weighted by Gasteiger charge is 2.26. The van der Waals surface area contributed by atoms with E-state index in [0.717, 1.165) is 0 Å². The molecule has 0 unspecified atom stereocenters. The van der Waals surface area contributed by atoms with Crippen molar-refractivity contribution in [2.45, 2.75) is 12.5 Å². The lowest BCUT2D eigenvalue weighted by Crippen LogP contribution is -2.29. The Morgan fingerprint density at radius 3 is 3.15 bits per heavy atom. The Balaban J connectivity index is 2.06. The number of hydrogen-bond donors (Lipinski definition) is 1. The Labute approximate surface area is 79.0 Å². The monoisotopic (exact) mass is 199 g/mol. The summed E-state index contributed by atoms with van der Waals surface area (Å²) in [5, 5.41) is 16.9. The number of amides is 1. The summed E-state index contributed by atoms with van der Waals surface area (Å²) in [5.41, 5.74) is 1.53. The van der Waals surface area contributed by atoms with Gasteiger partial charge in [-0.05, 0) is 6.42 Å². The van der Waals surface area contributed by atoms with Gasteiger partial charge >= 0.3 is 0 Å². The van der Waals surface area contributed by atoms with Gasteiger partial charge in [0.15, 0.2) is 0 Å². The number of carbonyl (C=O) groups is 1. The molecule has 1 aromatic heterocycles. The number of aliphatic hydroxyl groups is 1. The topological polar surface area (TPSA) is 66.3 Å². The first-order valence-electron chi connectivity index (χ1n) is 4.01. The van der Waals surface area contributed by atoms with Gasteiger partial charge in [-0.3, -0.25) is 4.79 Å². The summed E-state index contributed by atoms with van der Waals surface area (Å²) in [6, 6.07) is 0. The van der Waals surface area contributed by atoms with Crippen molar-refractivity contribution < 1.29 is 9.90 Å². The van der Waals surface area contributed by atoms with E-state index in [1.807, 2.05) is 0 Å². The number of carbonyl (C=O) groups excluding carboxylic acids is 1. The molecule has 0 aliphatic carbocycles. The second kappa shape index (κ2) is 3.39. The van der Waals surface area contributed by atoms with Crippen LogP contribution < -0.4 is 0 Å². The van der Waals surface area contributed by atoms with Crippen LogP contribution in [0.25, 0.3) is 0 Å². The van der Waals surface area contributed by atoms with E-state index in [0.29, 0.717) is 24.5 Å². The van der Waals surface area contributed by atoms with E-state index in [4.69, 9.17) is 0 Å². The first-order chi connectivity index (χ1) is 6.27. The van der Waals surface area contributed by atoms with Crippen LogP contribution in [0.15, 0.2) is 5.51 Å². The SMILES string of the molecule is O=C(c1nncs1)N1CC[C@@H](O)C1. The predicted molar refractivity (Wildman–Crippen MR) is 46.4 cm³/mol. The summed E-state index contributed by atoms with van der Waals surface area (Å²) < 4.78 is 0. The van der Waals surface area contributed by atoms with E-state index < -0.39 is 0 Å². The molecular formula is C7H9N3O2S. The molecule has 0 bridgehead atoms. The van der Waals surface area contributed by atoms with Crippen LogP contribution in [0.4, 0.5) is 0 Å². The zero-order valence-electron chi connectivity index (χ0n) is 6.88. The molecule has 5 nitrogen and oxygen atoms in total. The fourth-order valence-electron chi connectivity index (χ4n) is 1.33. The molecule has 2 rings (SSSR count). The van der Waals surface area contributed by atoms with Crippen molar-refractivity contribution >= 4 is 17.2 Å². The Morgan fingerprint density at radius 1 is 1.77 bits per heavy atom. The van der Waals surface area contributed by atoms with Gasteiger partial charge in [-0.1, -0.05) is 11.3 Å². The molecule has 1 atom stereocenters. The Morgan fingerprint density at radius 2 is 2.62 bits per heavy atom. The molecule has 0 radical (unpaired) electrons. The molecule has 1 aromatic rings. The number of hydrogen-bond acceptors (Lipinski definition) is 5. The van der Waals surface area contributed by atoms with Gasteiger partial charge < -0.3 is 10.0 Å². The van der Waals surface area contributed by atoms with E-state index in [2.05, 4.69) is 10.2 Å². The molecule has 70 valence electrons. The van der Waals surface area contributed by atoms with E-state index >= 15 is 0 Å². The van der Waals surface area contributed by atoms with Crippen LogP contribution in [-0.4, -0.2) is 45.3 Å². The quantitative estimate of drug-likeness (QED) is 0.677. The largest absolute Gasteiger partial charge is 0.391 e. The third-order valence-electron chi connectivity index (χ3n) is 1.99. The highest BCUT2D eigenvalue weighted by Crippen LogP contribution is 2.13. The molecule has 1 saturated heterocycles. The summed E-state index contributed by atoms with van der Waals surface area (Å²) in [6.45, 7) is 1.03. The molecule has 1 aliphatic rings. The first kappa shape index (κ1) is 8.58. The van der Waals surface area contributed by atoms with Crippen LogP contribution in [0.3, 0.4) is 0 Å². The van der Waals surface area contributed by atoms with Gasteiger partial charge in [0.2, 0.25) is 5.01 Å². The number of β-amino-alcohol motifs (C(OH)–C–C–N with tert-alkyl or cyclic N) is 1. The Hall–Kier alpha value is -1.01. The maximum atomic E-state index is 11.6. The predicted octanol–water partition coefficient (Wildman–Crippen LogP) is -0.255. The molecule has 2 heterocycles. The highest BCUT2D eigenvalue weighted by molar-refractivity contribution is 7.11. The number of aromatic nitrogens is 2. The molecule has 13 heavy (non-hydrogen) atoms. The van der Waals surface area contributed by atoms with Crippen molar-refractivity contribution in [1.82, 2.24) is 15.1 Å². The number of likely N-dealkylation sites (tertiary alicyclic amines) is 1. The van der Waals surface area contributed by atoms with Crippen molar-refractivity contribution in [3.63, 3.8) is 0 Å². The van der Waals surface area contributed by atoms with Crippen LogP contribution in [0.1, 0.15) is 16.2 Å². The number of aliphatic hydroxyl groups excluding tert-OH is 1. The van der Waals surface area contributed by atoms with Gasteiger partial charge in [0.1, 0.15) is 5.51 Å². The zero-order valence-corrected chi connectivity index (χ0v) is 7.70. The first-order valence-corrected chi connectivity index (χ1v) is 4.89. The minimum absolute atomic E-state index is 0.126. The number of rotatable bonds is 1. The Kier molecular flexibility index (Phi) is 2.24. The third-order valence-corrected chi connectivity index (χ3v) is 2.67. The minimum atomic E-state index is -0.378. The molecule has 1 amide bonds. The molecule has 1 N–H and O–H groups in total. The van der Waals surface area contributed by atoms with E-state index in [-0.39, 0.29) is 12.0 Å². The third kappa shape index (κ3) is 1.68. The van der Waals surface area contributed by atoms with Crippen LogP contribution in [0.2, 0.25) is 0 Å². The standard InChI is InChI=1S/C7H9N3O2S/c11-5-1-2-10(3-5)7(12)6-9-8-4-13-6/h4-5,11H,1-3H2/t5-/m1/s1. The summed E-state index contributed by atoms with van der Waals surface area (Å²) >= 11 is 1.22. The highest BCUT2D eigenvalue weighted by atomic mass is 32.1. The molecular weight excluding hydrogens is 190 g/mol. The maximum Gasteiger partial charge on any atom is 0.284 e. The van der Waals surface area contributed by atoms with Crippen LogP contribution in [0, 0.1) is 0 Å². The fourth-order valence-corrected chi connectivity index (χ4v) is 1.85. The summed E-state index contributed by atoms with van der Waals surface area (Å²) in [7, 11) is 0. The molecule has 0 aromatic carbocycles. The number of nitrogens with zero attached hydrogens (tertiary/aromatic N) is 3. The van der Waals surface area contributed by atoms with Crippen molar-refractivity contribution in [1.29, 1.82) is 0 Å². The van der Waals surface area contributed by atoms with Crippen molar-refractivity contribution in [3.05, 3.63) is 10.5 Å². The normalized spacial score (nSPS) is 22.2. The smallest absolute Gasteiger partial charge is 0.284 e. The van der Waals surface area contributed by atoms with Gasteiger partial charge in [-0.2, -0.15) is 0 Å². The fraction of sp³-hybridized carbons (Fsp3) is 0.571. The van der Waals surface area contributed by atoms with Gasteiger partial charge in [-0.25, -0.2) is 0 Å². The summed E-state index contributed by atoms with van der Waals surface area (Å²) in [5.74, 6) is -0.126. The minimum Gasteiger partial charge on any atom is -0.391 e. The summed E-state index contributed by atoms with van der Waals surface area (Å²) in [4.78, 5) is 13.2. The second-order valence-electron chi connectivity index (χ2n) is 2.94. The van der Waals surface area contributed by atoms with Gasteiger partial charge in [0.25, 0.3) is 5.91 Å². The van der Waals surface area contributed by atoms with Crippen molar-refractivity contribution in [2.75, 3.05) is 13.1 Å². The van der Waals surface area contributed by atoms with Gasteiger partial charge in [0, 0.05) is 13.1 Å². The van der Waals surface area contributed by atoms with Crippen LogP contribution in [0.5, 0.6) is 0 Å². The lowest BCUT2D eigenvalue weighted by Gasteiger charge is -2.12. The lowest BCUT2D eigenvalue weighted by molar-refractivity contribution is 0.0764.